The Kier molecular flexibility index (Phi) is 6.06. The first kappa shape index (κ1) is 16.0. The summed E-state index contributed by atoms with van der Waals surface area (Å²) in [6, 6.07) is 9.28. The quantitative estimate of drug-likeness (QED) is 0.840. The second-order valence-corrected chi connectivity index (χ2v) is 7.34. The molecule has 0 bridgehead atoms. The van der Waals surface area contributed by atoms with Gasteiger partial charge in [-0.2, -0.15) is 0 Å². The van der Waals surface area contributed by atoms with E-state index < -0.39 is 0 Å². The number of likely N-dealkylation sites (tertiary alicyclic amines) is 1. The number of nitrogens with one attached hydrogen (secondary N) is 1. The van der Waals surface area contributed by atoms with Crippen molar-refractivity contribution in [2.75, 3.05) is 26.2 Å². The predicted molar refractivity (Wildman–Crippen MR) is 89.9 cm³/mol. The number of halogens is 1. The molecule has 2 atom stereocenters. The number of nitrogens with zero attached hydrogens (tertiary/aromatic N) is 1. The normalized spacial score (nSPS) is 21.6. The molecule has 1 saturated heterocycles. The van der Waals surface area contributed by atoms with Crippen LogP contribution in [0.25, 0.3) is 0 Å². The fraction of sp³-hybridized carbons (Fsp3) is 0.647. The molecule has 2 unspecified atom stereocenters. The second kappa shape index (κ2) is 7.58. The van der Waals surface area contributed by atoms with Crippen molar-refractivity contribution < 1.29 is 0 Å². The molecule has 20 heavy (non-hydrogen) atoms. The van der Waals surface area contributed by atoms with Gasteiger partial charge in [0.05, 0.1) is 0 Å². The van der Waals surface area contributed by atoms with Gasteiger partial charge in [-0.25, -0.2) is 0 Å². The van der Waals surface area contributed by atoms with Crippen molar-refractivity contribution in [2.45, 2.75) is 33.2 Å². The van der Waals surface area contributed by atoms with E-state index in [0.29, 0.717) is 6.04 Å². The Bertz CT molecular complexity index is 402. The van der Waals surface area contributed by atoms with Crippen LogP contribution < -0.4 is 5.32 Å². The first-order valence-corrected chi connectivity index (χ1v) is 8.55. The molecule has 0 radical (unpaired) electrons. The molecule has 0 aromatic heterocycles. The molecule has 1 N–H and O–H groups in total. The average Bonchev–Trinajstić information content (AvgIpc) is 2.87. The molecule has 1 fully saturated rings. The first-order valence-electron chi connectivity index (χ1n) is 7.76. The predicted octanol–water partition coefficient (Wildman–Crippen LogP) is 4.08. The molecule has 0 aliphatic carbocycles. The summed E-state index contributed by atoms with van der Waals surface area (Å²) >= 11 is 3.51. The van der Waals surface area contributed by atoms with Crippen molar-refractivity contribution in [3.8, 4) is 0 Å². The number of hydrogen-bond acceptors (Lipinski definition) is 2. The van der Waals surface area contributed by atoms with Crippen molar-refractivity contribution >= 4 is 15.9 Å². The van der Waals surface area contributed by atoms with Crippen LogP contribution in [0.1, 0.15) is 38.8 Å². The molecule has 1 heterocycles. The van der Waals surface area contributed by atoms with Crippen molar-refractivity contribution in [1.29, 1.82) is 0 Å². The Morgan fingerprint density at radius 3 is 2.60 bits per heavy atom. The van der Waals surface area contributed by atoms with Gasteiger partial charge in [0.25, 0.3) is 0 Å². The molecule has 112 valence electrons. The van der Waals surface area contributed by atoms with Crippen molar-refractivity contribution in [2.24, 2.45) is 11.8 Å². The summed E-state index contributed by atoms with van der Waals surface area (Å²) in [5, 5.41) is 3.60. The van der Waals surface area contributed by atoms with E-state index in [1.54, 1.807) is 0 Å². The molecule has 0 spiro atoms. The highest BCUT2D eigenvalue weighted by molar-refractivity contribution is 9.10. The van der Waals surface area contributed by atoms with E-state index in [1.807, 2.05) is 0 Å². The lowest BCUT2D eigenvalue weighted by Gasteiger charge is -2.25. The minimum absolute atomic E-state index is 0.526. The fourth-order valence-electron chi connectivity index (χ4n) is 2.91. The summed E-state index contributed by atoms with van der Waals surface area (Å²) in [5.41, 5.74) is 1.42. The van der Waals surface area contributed by atoms with Crippen LogP contribution >= 0.6 is 15.9 Å². The van der Waals surface area contributed by atoms with Gasteiger partial charge in [0.15, 0.2) is 0 Å². The lowest BCUT2D eigenvalue weighted by Crippen LogP contribution is -2.29. The van der Waals surface area contributed by atoms with E-state index in [2.05, 4.69) is 71.2 Å². The van der Waals surface area contributed by atoms with Crippen LogP contribution in [0.15, 0.2) is 28.7 Å². The standard InChI is InChI=1S/C17H27BrN2/c1-13(2)10-19-11-15-8-9-20(12-15)14(3)16-4-6-17(18)7-5-16/h4-7,13-15,19H,8-12H2,1-3H3. The lowest BCUT2D eigenvalue weighted by molar-refractivity contribution is 0.251. The molecule has 2 nitrogen and oxygen atoms in total. The van der Waals surface area contributed by atoms with Crippen molar-refractivity contribution in [1.82, 2.24) is 10.2 Å². The zero-order chi connectivity index (χ0) is 14.5. The van der Waals surface area contributed by atoms with E-state index in [-0.39, 0.29) is 0 Å². The van der Waals surface area contributed by atoms with Crippen molar-refractivity contribution in [3.63, 3.8) is 0 Å². The van der Waals surface area contributed by atoms with Crippen LogP contribution in [0, 0.1) is 11.8 Å². The van der Waals surface area contributed by atoms with E-state index >= 15 is 0 Å². The second-order valence-electron chi connectivity index (χ2n) is 6.43. The van der Waals surface area contributed by atoms with Crippen LogP contribution in [0.3, 0.4) is 0 Å². The highest BCUT2D eigenvalue weighted by atomic mass is 79.9. The van der Waals surface area contributed by atoms with Gasteiger partial charge in [0.2, 0.25) is 0 Å². The van der Waals surface area contributed by atoms with Crippen LogP contribution in [0.2, 0.25) is 0 Å². The average molecular weight is 339 g/mol. The van der Waals surface area contributed by atoms with Gasteiger partial charge in [0, 0.05) is 17.1 Å². The summed E-state index contributed by atoms with van der Waals surface area (Å²) < 4.78 is 1.16. The highest BCUT2D eigenvalue weighted by Crippen LogP contribution is 2.27. The van der Waals surface area contributed by atoms with Gasteiger partial charge in [-0.1, -0.05) is 41.9 Å². The Morgan fingerprint density at radius 1 is 1.25 bits per heavy atom. The first-order chi connectivity index (χ1) is 9.56. The molecule has 1 aliphatic rings. The molecule has 1 aromatic rings. The van der Waals surface area contributed by atoms with E-state index in [4.69, 9.17) is 0 Å². The van der Waals surface area contributed by atoms with Crippen molar-refractivity contribution in [3.05, 3.63) is 34.3 Å². The number of rotatable bonds is 6. The third-order valence-electron chi connectivity index (χ3n) is 4.20. The lowest BCUT2D eigenvalue weighted by atomic mass is 10.1. The molecule has 0 amide bonds. The Labute approximate surface area is 132 Å². The van der Waals surface area contributed by atoms with Gasteiger partial charge in [-0.05, 0) is 62.5 Å². The van der Waals surface area contributed by atoms with E-state index in [0.717, 1.165) is 22.9 Å². The molecular weight excluding hydrogens is 312 g/mol. The van der Waals surface area contributed by atoms with Crippen LogP contribution in [0.4, 0.5) is 0 Å². The van der Waals surface area contributed by atoms with Crippen LogP contribution in [0.5, 0.6) is 0 Å². The SMILES string of the molecule is CC(C)CNCC1CCN(C(C)c2ccc(Br)cc2)C1. The Hall–Kier alpha value is -0.380. The minimum atomic E-state index is 0.526. The summed E-state index contributed by atoms with van der Waals surface area (Å²) in [7, 11) is 0. The Morgan fingerprint density at radius 2 is 1.95 bits per heavy atom. The topological polar surface area (TPSA) is 15.3 Å². The maximum atomic E-state index is 3.60. The largest absolute Gasteiger partial charge is 0.316 e. The van der Waals surface area contributed by atoms with Gasteiger partial charge in [-0.3, -0.25) is 4.90 Å². The monoisotopic (exact) mass is 338 g/mol. The number of hydrogen-bond donors (Lipinski definition) is 1. The zero-order valence-electron chi connectivity index (χ0n) is 12.9. The molecular formula is C17H27BrN2. The number of benzene rings is 1. The zero-order valence-corrected chi connectivity index (χ0v) is 14.5. The van der Waals surface area contributed by atoms with Gasteiger partial charge >= 0.3 is 0 Å². The third kappa shape index (κ3) is 4.57. The highest BCUT2D eigenvalue weighted by Gasteiger charge is 2.26. The summed E-state index contributed by atoms with van der Waals surface area (Å²) in [4.78, 5) is 2.62. The maximum Gasteiger partial charge on any atom is 0.0320 e. The smallest absolute Gasteiger partial charge is 0.0320 e. The summed E-state index contributed by atoms with van der Waals surface area (Å²) in [5.74, 6) is 1.56. The van der Waals surface area contributed by atoms with Gasteiger partial charge in [-0.15, -0.1) is 0 Å². The van der Waals surface area contributed by atoms with Crippen LogP contribution in [-0.2, 0) is 0 Å². The minimum Gasteiger partial charge on any atom is -0.316 e. The van der Waals surface area contributed by atoms with Crippen LogP contribution in [-0.4, -0.2) is 31.1 Å². The Balaban J connectivity index is 1.81. The molecule has 2 rings (SSSR count). The van der Waals surface area contributed by atoms with Gasteiger partial charge < -0.3 is 5.32 Å². The summed E-state index contributed by atoms with van der Waals surface area (Å²) in [6.45, 7) is 11.6. The molecule has 1 aromatic carbocycles. The summed E-state index contributed by atoms with van der Waals surface area (Å²) in [6.07, 6.45) is 1.33. The fourth-order valence-corrected chi connectivity index (χ4v) is 3.17. The maximum absolute atomic E-state index is 3.60. The van der Waals surface area contributed by atoms with E-state index in [9.17, 15) is 0 Å². The molecule has 3 heteroatoms. The molecule has 1 aliphatic heterocycles. The third-order valence-corrected chi connectivity index (χ3v) is 4.73. The molecule has 0 saturated carbocycles. The van der Waals surface area contributed by atoms with Gasteiger partial charge in [0.1, 0.15) is 0 Å². The van der Waals surface area contributed by atoms with E-state index in [1.165, 1.54) is 31.6 Å².